The van der Waals surface area contributed by atoms with Crippen LogP contribution in [0.3, 0.4) is 0 Å². The standard InChI is InChI=1S/C18H19ClFN3O2/c1-2-3-17(24)22-12-4-6-13(7-5-12)23-18(25)11-21-14-8-9-16(20)15(19)10-14/h4-10,21H,2-3,11H2,1H3,(H,22,24)(H,23,25). The lowest BCUT2D eigenvalue weighted by Crippen LogP contribution is -2.21. The van der Waals surface area contributed by atoms with E-state index in [1.54, 1.807) is 24.3 Å². The summed E-state index contributed by atoms with van der Waals surface area (Å²) in [5.41, 5.74) is 1.84. The van der Waals surface area contributed by atoms with Crippen molar-refractivity contribution in [1.82, 2.24) is 0 Å². The molecule has 2 aromatic rings. The molecule has 0 radical (unpaired) electrons. The molecule has 0 unspecified atom stereocenters. The van der Waals surface area contributed by atoms with Crippen molar-refractivity contribution in [2.45, 2.75) is 19.8 Å². The van der Waals surface area contributed by atoms with Gasteiger partial charge in [-0.3, -0.25) is 9.59 Å². The van der Waals surface area contributed by atoms with Crippen LogP contribution in [0.25, 0.3) is 0 Å². The molecule has 0 saturated heterocycles. The monoisotopic (exact) mass is 363 g/mol. The highest BCUT2D eigenvalue weighted by Gasteiger charge is 2.05. The first kappa shape index (κ1) is 18.7. The summed E-state index contributed by atoms with van der Waals surface area (Å²) in [6.07, 6.45) is 1.25. The molecule has 0 aliphatic heterocycles. The molecule has 0 aliphatic carbocycles. The molecule has 132 valence electrons. The van der Waals surface area contributed by atoms with Crippen molar-refractivity contribution in [1.29, 1.82) is 0 Å². The van der Waals surface area contributed by atoms with E-state index in [9.17, 15) is 14.0 Å². The molecule has 2 amide bonds. The molecule has 3 N–H and O–H groups in total. The van der Waals surface area contributed by atoms with E-state index in [0.29, 0.717) is 23.5 Å². The molecular weight excluding hydrogens is 345 g/mol. The van der Waals surface area contributed by atoms with Gasteiger partial charge >= 0.3 is 0 Å². The third-order valence-corrected chi connectivity index (χ3v) is 3.59. The number of benzene rings is 2. The summed E-state index contributed by atoms with van der Waals surface area (Å²) < 4.78 is 13.1. The van der Waals surface area contributed by atoms with Crippen molar-refractivity contribution in [3.05, 3.63) is 53.3 Å². The van der Waals surface area contributed by atoms with E-state index in [-0.39, 0.29) is 23.4 Å². The molecule has 0 fully saturated rings. The Morgan fingerprint density at radius 1 is 0.960 bits per heavy atom. The van der Waals surface area contributed by atoms with Crippen LogP contribution in [0.5, 0.6) is 0 Å². The minimum atomic E-state index is -0.511. The van der Waals surface area contributed by atoms with Crippen molar-refractivity contribution in [2.24, 2.45) is 0 Å². The lowest BCUT2D eigenvalue weighted by molar-refractivity contribution is -0.116. The highest BCUT2D eigenvalue weighted by molar-refractivity contribution is 6.31. The SMILES string of the molecule is CCCC(=O)Nc1ccc(NC(=O)CNc2ccc(F)c(Cl)c2)cc1. The molecular formula is C18H19ClFN3O2. The lowest BCUT2D eigenvalue weighted by atomic mass is 10.2. The van der Waals surface area contributed by atoms with Gasteiger partial charge in [0.15, 0.2) is 0 Å². The van der Waals surface area contributed by atoms with E-state index in [4.69, 9.17) is 11.6 Å². The Hall–Kier alpha value is -2.60. The van der Waals surface area contributed by atoms with E-state index in [1.165, 1.54) is 18.2 Å². The Balaban J connectivity index is 1.83. The third kappa shape index (κ3) is 6.08. The first-order valence-electron chi connectivity index (χ1n) is 7.86. The molecule has 0 spiro atoms. The Bertz CT molecular complexity index is 750. The second kappa shape index (κ2) is 9.03. The minimum absolute atomic E-state index is 0.00822. The predicted molar refractivity (Wildman–Crippen MR) is 98.5 cm³/mol. The van der Waals surface area contributed by atoms with Gasteiger partial charge in [-0.05, 0) is 48.9 Å². The maximum Gasteiger partial charge on any atom is 0.243 e. The van der Waals surface area contributed by atoms with Gasteiger partial charge in [0, 0.05) is 23.5 Å². The average molecular weight is 364 g/mol. The average Bonchev–Trinajstić information content (AvgIpc) is 2.58. The van der Waals surface area contributed by atoms with Crippen molar-refractivity contribution in [2.75, 3.05) is 22.5 Å². The molecule has 2 rings (SSSR count). The van der Waals surface area contributed by atoms with Crippen molar-refractivity contribution in [3.63, 3.8) is 0 Å². The van der Waals surface area contributed by atoms with Crippen LogP contribution >= 0.6 is 11.6 Å². The van der Waals surface area contributed by atoms with Gasteiger partial charge in [-0.15, -0.1) is 0 Å². The summed E-state index contributed by atoms with van der Waals surface area (Å²) in [4.78, 5) is 23.5. The Morgan fingerprint density at radius 2 is 1.52 bits per heavy atom. The van der Waals surface area contributed by atoms with Gasteiger partial charge in [0.05, 0.1) is 11.6 Å². The largest absolute Gasteiger partial charge is 0.376 e. The van der Waals surface area contributed by atoms with Crippen molar-refractivity contribution < 1.29 is 14.0 Å². The Morgan fingerprint density at radius 3 is 2.08 bits per heavy atom. The summed E-state index contributed by atoms with van der Waals surface area (Å²) >= 11 is 5.68. The molecule has 2 aromatic carbocycles. The van der Waals surface area contributed by atoms with Crippen LogP contribution in [0.1, 0.15) is 19.8 Å². The van der Waals surface area contributed by atoms with Crippen molar-refractivity contribution in [3.8, 4) is 0 Å². The van der Waals surface area contributed by atoms with Gasteiger partial charge in [0.2, 0.25) is 11.8 Å². The molecule has 0 aliphatic rings. The fourth-order valence-electron chi connectivity index (χ4n) is 2.08. The second-order valence-corrected chi connectivity index (χ2v) is 5.81. The molecule has 25 heavy (non-hydrogen) atoms. The second-order valence-electron chi connectivity index (χ2n) is 5.41. The Kier molecular flexibility index (Phi) is 6.77. The van der Waals surface area contributed by atoms with E-state index >= 15 is 0 Å². The topological polar surface area (TPSA) is 70.2 Å². The van der Waals surface area contributed by atoms with Gasteiger partial charge in [-0.25, -0.2) is 4.39 Å². The first-order chi connectivity index (χ1) is 12.0. The number of rotatable bonds is 7. The summed E-state index contributed by atoms with van der Waals surface area (Å²) in [7, 11) is 0. The van der Waals surface area contributed by atoms with E-state index < -0.39 is 5.82 Å². The van der Waals surface area contributed by atoms with Gasteiger partial charge in [-0.2, -0.15) is 0 Å². The van der Waals surface area contributed by atoms with E-state index in [1.807, 2.05) is 6.92 Å². The maximum absolute atomic E-state index is 13.1. The smallest absolute Gasteiger partial charge is 0.243 e. The number of hydrogen-bond donors (Lipinski definition) is 3. The third-order valence-electron chi connectivity index (χ3n) is 3.30. The molecule has 0 saturated carbocycles. The van der Waals surface area contributed by atoms with Gasteiger partial charge in [0.25, 0.3) is 0 Å². The van der Waals surface area contributed by atoms with Crippen LogP contribution in [0, 0.1) is 5.82 Å². The predicted octanol–water partition coefficient (Wildman–Crippen LogP) is 4.27. The van der Waals surface area contributed by atoms with Crippen LogP contribution in [-0.2, 0) is 9.59 Å². The number of carbonyl (C=O) groups is 2. The summed E-state index contributed by atoms with van der Waals surface area (Å²) in [5.74, 6) is -0.813. The molecule has 7 heteroatoms. The summed E-state index contributed by atoms with van der Waals surface area (Å²) in [5, 5.41) is 8.35. The molecule has 5 nitrogen and oxygen atoms in total. The van der Waals surface area contributed by atoms with Gasteiger partial charge in [-0.1, -0.05) is 18.5 Å². The Labute approximate surface area is 150 Å². The molecule has 0 bridgehead atoms. The number of hydrogen-bond acceptors (Lipinski definition) is 3. The fraction of sp³-hybridized carbons (Fsp3) is 0.222. The van der Waals surface area contributed by atoms with Crippen LogP contribution in [0.4, 0.5) is 21.5 Å². The zero-order chi connectivity index (χ0) is 18.2. The van der Waals surface area contributed by atoms with Crippen LogP contribution < -0.4 is 16.0 Å². The number of nitrogens with one attached hydrogen (secondary N) is 3. The number of carbonyl (C=O) groups excluding carboxylic acids is 2. The van der Waals surface area contributed by atoms with E-state index in [2.05, 4.69) is 16.0 Å². The highest BCUT2D eigenvalue weighted by Crippen LogP contribution is 2.19. The normalized spacial score (nSPS) is 10.2. The zero-order valence-corrected chi connectivity index (χ0v) is 14.5. The van der Waals surface area contributed by atoms with Crippen LogP contribution in [-0.4, -0.2) is 18.4 Å². The van der Waals surface area contributed by atoms with E-state index in [0.717, 1.165) is 6.42 Å². The van der Waals surface area contributed by atoms with Crippen LogP contribution in [0.15, 0.2) is 42.5 Å². The molecule has 0 aromatic heterocycles. The number of halogens is 2. The highest BCUT2D eigenvalue weighted by atomic mass is 35.5. The minimum Gasteiger partial charge on any atom is -0.376 e. The lowest BCUT2D eigenvalue weighted by Gasteiger charge is -2.09. The summed E-state index contributed by atoms with van der Waals surface area (Å²) in [6.45, 7) is 1.95. The van der Waals surface area contributed by atoms with Crippen molar-refractivity contribution >= 4 is 40.5 Å². The zero-order valence-electron chi connectivity index (χ0n) is 13.7. The number of anilines is 3. The number of amides is 2. The fourth-order valence-corrected chi connectivity index (χ4v) is 2.26. The maximum atomic E-state index is 13.1. The summed E-state index contributed by atoms with van der Waals surface area (Å²) in [6, 6.07) is 11.0. The van der Waals surface area contributed by atoms with Gasteiger partial charge < -0.3 is 16.0 Å². The van der Waals surface area contributed by atoms with Gasteiger partial charge in [0.1, 0.15) is 5.82 Å². The quantitative estimate of drug-likeness (QED) is 0.688. The first-order valence-corrected chi connectivity index (χ1v) is 8.24. The molecule has 0 heterocycles. The molecule has 0 atom stereocenters. The van der Waals surface area contributed by atoms with Crippen LogP contribution in [0.2, 0.25) is 5.02 Å².